The van der Waals surface area contributed by atoms with Crippen LogP contribution >= 0.6 is 0 Å². The Morgan fingerprint density at radius 1 is 1.25 bits per heavy atom. The summed E-state index contributed by atoms with van der Waals surface area (Å²) in [6.07, 6.45) is 0.701. The third-order valence-corrected chi connectivity index (χ3v) is 4.63. The molecule has 1 aromatic heterocycles. The second-order valence-electron chi connectivity index (χ2n) is 8.24. The molecule has 152 valence electrons. The van der Waals surface area contributed by atoms with Crippen molar-refractivity contribution >= 4 is 22.9 Å². The van der Waals surface area contributed by atoms with Crippen molar-refractivity contribution in [3.8, 4) is 5.88 Å². The molecule has 0 N–H and O–H groups in total. The summed E-state index contributed by atoms with van der Waals surface area (Å²) < 4.78 is 11.2. The lowest BCUT2D eigenvalue weighted by Crippen LogP contribution is -2.36. The molecule has 0 aliphatic carbocycles. The maximum Gasteiger partial charge on any atom is 0.410 e. The Bertz CT molecular complexity index is 834. The molecule has 1 aliphatic rings. The summed E-state index contributed by atoms with van der Waals surface area (Å²) in [4.78, 5) is 25.6. The third kappa shape index (κ3) is 4.82. The van der Waals surface area contributed by atoms with Gasteiger partial charge in [0, 0.05) is 26.7 Å². The highest BCUT2D eigenvalue weighted by Crippen LogP contribution is 2.28. The van der Waals surface area contributed by atoms with Crippen molar-refractivity contribution in [2.45, 2.75) is 39.7 Å². The fourth-order valence-electron chi connectivity index (χ4n) is 3.40. The highest BCUT2D eigenvalue weighted by molar-refractivity contribution is 5.77. The monoisotopic (exact) mass is 386 g/mol. The molecule has 0 unspecified atom stereocenters. The maximum absolute atomic E-state index is 12.3. The Morgan fingerprint density at radius 2 is 1.93 bits per heavy atom. The number of amides is 1. The summed E-state index contributed by atoms with van der Waals surface area (Å²) in [7, 11) is 2.00. The summed E-state index contributed by atoms with van der Waals surface area (Å²) in [6.45, 7) is 10.3. The number of likely N-dealkylation sites (tertiary alicyclic amines) is 1. The molecule has 0 radical (unpaired) electrons. The van der Waals surface area contributed by atoms with Crippen LogP contribution in [0.25, 0.3) is 11.0 Å². The van der Waals surface area contributed by atoms with E-state index in [1.807, 2.05) is 59.0 Å². The molecule has 0 bridgehead atoms. The Kier molecular flexibility index (Phi) is 5.91. The lowest BCUT2D eigenvalue weighted by Gasteiger charge is -2.26. The molecular formula is C21H30N4O3. The molecule has 1 atom stereocenters. The van der Waals surface area contributed by atoms with Gasteiger partial charge >= 0.3 is 6.09 Å². The molecular weight excluding hydrogens is 356 g/mol. The van der Waals surface area contributed by atoms with E-state index in [1.54, 1.807) is 4.90 Å². The van der Waals surface area contributed by atoms with Crippen molar-refractivity contribution in [2.75, 3.05) is 38.2 Å². The first-order valence-corrected chi connectivity index (χ1v) is 9.85. The number of anilines is 1. The molecule has 0 spiro atoms. The van der Waals surface area contributed by atoms with E-state index in [0.717, 1.165) is 36.4 Å². The van der Waals surface area contributed by atoms with E-state index in [2.05, 4.69) is 9.88 Å². The van der Waals surface area contributed by atoms with E-state index in [0.29, 0.717) is 24.9 Å². The summed E-state index contributed by atoms with van der Waals surface area (Å²) in [5, 5.41) is 0. The van der Waals surface area contributed by atoms with Crippen LogP contribution in [0.2, 0.25) is 0 Å². The highest BCUT2D eigenvalue weighted by Gasteiger charge is 2.31. The van der Waals surface area contributed by atoms with Crippen LogP contribution in [0, 0.1) is 5.92 Å². The number of ether oxygens (including phenoxy) is 2. The molecule has 1 fully saturated rings. The van der Waals surface area contributed by atoms with Gasteiger partial charge < -0.3 is 19.3 Å². The second kappa shape index (κ2) is 8.20. The number of hydrogen-bond acceptors (Lipinski definition) is 6. The number of rotatable bonds is 5. The SMILES string of the molecule is CCOc1nc2ccccc2nc1N(C)C[C@@H]1CCN(C(=O)OC(C)(C)C)C1. The van der Waals surface area contributed by atoms with Gasteiger partial charge in [0.1, 0.15) is 5.60 Å². The Labute approximate surface area is 166 Å². The number of fused-ring (bicyclic) bond motifs is 1. The van der Waals surface area contributed by atoms with Crippen molar-refractivity contribution in [1.29, 1.82) is 0 Å². The van der Waals surface area contributed by atoms with Crippen LogP contribution in [0.3, 0.4) is 0 Å². The van der Waals surface area contributed by atoms with Crippen LogP contribution in [0.4, 0.5) is 10.6 Å². The maximum atomic E-state index is 12.3. The molecule has 7 heteroatoms. The lowest BCUT2D eigenvalue weighted by atomic mass is 10.1. The fourth-order valence-corrected chi connectivity index (χ4v) is 3.40. The van der Waals surface area contributed by atoms with E-state index >= 15 is 0 Å². The van der Waals surface area contributed by atoms with E-state index in [1.165, 1.54) is 0 Å². The minimum Gasteiger partial charge on any atom is -0.475 e. The fraction of sp³-hybridized carbons (Fsp3) is 0.571. The molecule has 1 aromatic carbocycles. The lowest BCUT2D eigenvalue weighted by molar-refractivity contribution is 0.0288. The van der Waals surface area contributed by atoms with Crippen molar-refractivity contribution < 1.29 is 14.3 Å². The van der Waals surface area contributed by atoms with E-state index < -0.39 is 5.60 Å². The summed E-state index contributed by atoms with van der Waals surface area (Å²) in [5.41, 5.74) is 1.19. The van der Waals surface area contributed by atoms with Gasteiger partial charge in [0.05, 0.1) is 17.6 Å². The summed E-state index contributed by atoms with van der Waals surface area (Å²) in [6, 6.07) is 7.79. The predicted octanol–water partition coefficient (Wildman–Crippen LogP) is 3.72. The van der Waals surface area contributed by atoms with Gasteiger partial charge in [-0.2, -0.15) is 0 Å². The Balaban J connectivity index is 1.70. The molecule has 28 heavy (non-hydrogen) atoms. The van der Waals surface area contributed by atoms with Gasteiger partial charge in [-0.3, -0.25) is 0 Å². The minimum atomic E-state index is -0.473. The normalized spacial score (nSPS) is 17.0. The zero-order valence-corrected chi connectivity index (χ0v) is 17.4. The number of carbonyl (C=O) groups excluding carboxylic acids is 1. The summed E-state index contributed by atoms with van der Waals surface area (Å²) in [5.74, 6) is 1.63. The van der Waals surface area contributed by atoms with Gasteiger partial charge in [-0.1, -0.05) is 12.1 Å². The number of para-hydroxylation sites is 2. The van der Waals surface area contributed by atoms with Crippen molar-refractivity contribution in [3.63, 3.8) is 0 Å². The quantitative estimate of drug-likeness (QED) is 0.780. The number of hydrogen-bond donors (Lipinski definition) is 0. The van der Waals surface area contributed by atoms with Gasteiger partial charge in [0.25, 0.3) is 5.88 Å². The van der Waals surface area contributed by atoms with Crippen molar-refractivity contribution in [1.82, 2.24) is 14.9 Å². The van der Waals surface area contributed by atoms with Crippen LogP contribution in [0.5, 0.6) is 5.88 Å². The van der Waals surface area contributed by atoms with Crippen LogP contribution in [-0.2, 0) is 4.74 Å². The zero-order chi connectivity index (χ0) is 20.3. The van der Waals surface area contributed by atoms with Crippen LogP contribution in [0.15, 0.2) is 24.3 Å². The molecule has 7 nitrogen and oxygen atoms in total. The van der Waals surface area contributed by atoms with E-state index in [-0.39, 0.29) is 6.09 Å². The van der Waals surface area contributed by atoms with Gasteiger partial charge in [0.15, 0.2) is 5.82 Å². The van der Waals surface area contributed by atoms with Crippen LogP contribution in [-0.4, -0.2) is 59.9 Å². The smallest absolute Gasteiger partial charge is 0.410 e. The number of nitrogens with zero attached hydrogens (tertiary/aromatic N) is 4. The van der Waals surface area contributed by atoms with E-state index in [4.69, 9.17) is 14.5 Å². The largest absolute Gasteiger partial charge is 0.475 e. The molecule has 1 aliphatic heterocycles. The van der Waals surface area contributed by atoms with Crippen LogP contribution in [0.1, 0.15) is 34.1 Å². The second-order valence-corrected chi connectivity index (χ2v) is 8.24. The first-order chi connectivity index (χ1) is 13.3. The number of carbonyl (C=O) groups is 1. The average molecular weight is 386 g/mol. The third-order valence-electron chi connectivity index (χ3n) is 4.63. The van der Waals surface area contributed by atoms with E-state index in [9.17, 15) is 4.79 Å². The Hall–Kier alpha value is -2.57. The Morgan fingerprint density at radius 3 is 2.57 bits per heavy atom. The average Bonchev–Trinajstić information content (AvgIpc) is 3.08. The van der Waals surface area contributed by atoms with Gasteiger partial charge in [-0.25, -0.2) is 14.8 Å². The molecule has 0 saturated carbocycles. The zero-order valence-electron chi connectivity index (χ0n) is 17.4. The highest BCUT2D eigenvalue weighted by atomic mass is 16.6. The summed E-state index contributed by atoms with van der Waals surface area (Å²) >= 11 is 0. The molecule has 2 heterocycles. The minimum absolute atomic E-state index is 0.238. The topological polar surface area (TPSA) is 67.8 Å². The molecule has 1 saturated heterocycles. The van der Waals surface area contributed by atoms with Crippen LogP contribution < -0.4 is 9.64 Å². The first kappa shape index (κ1) is 20.2. The molecule has 3 rings (SSSR count). The van der Waals surface area contributed by atoms with Gasteiger partial charge in [-0.05, 0) is 52.2 Å². The standard InChI is InChI=1S/C21H30N4O3/c1-6-27-19-18(22-16-9-7-8-10-17(16)23-19)24(5)13-15-11-12-25(14-15)20(26)28-21(2,3)4/h7-10,15H,6,11-14H2,1-5H3/t15-/m0/s1. The van der Waals surface area contributed by atoms with Gasteiger partial charge in [-0.15, -0.1) is 0 Å². The number of benzene rings is 1. The van der Waals surface area contributed by atoms with Gasteiger partial charge in [0.2, 0.25) is 0 Å². The molecule has 1 amide bonds. The number of aromatic nitrogens is 2. The first-order valence-electron chi connectivity index (χ1n) is 9.85. The van der Waals surface area contributed by atoms with Crippen molar-refractivity contribution in [2.24, 2.45) is 5.92 Å². The van der Waals surface area contributed by atoms with Crippen molar-refractivity contribution in [3.05, 3.63) is 24.3 Å². The predicted molar refractivity (Wildman–Crippen MR) is 110 cm³/mol. The molecule has 2 aromatic rings.